The predicted molar refractivity (Wildman–Crippen MR) is 120 cm³/mol. The van der Waals surface area contributed by atoms with E-state index in [1.807, 2.05) is 29.6 Å². The predicted octanol–water partition coefficient (Wildman–Crippen LogP) is 5.57. The number of hydrogen-bond donors (Lipinski definition) is 2. The number of nitrogens with one attached hydrogen (secondary N) is 2. The van der Waals surface area contributed by atoms with Gasteiger partial charge in [0.25, 0.3) is 5.91 Å². The number of aromatic amines is 1. The molecule has 0 unspecified atom stereocenters. The van der Waals surface area contributed by atoms with E-state index in [1.54, 1.807) is 25.1 Å². The van der Waals surface area contributed by atoms with Crippen molar-refractivity contribution in [1.82, 2.24) is 10.3 Å². The molecule has 0 saturated carbocycles. The third-order valence-corrected chi connectivity index (χ3v) is 5.79. The lowest BCUT2D eigenvalue weighted by Gasteiger charge is -2.05. The van der Waals surface area contributed by atoms with Gasteiger partial charge in [0.15, 0.2) is 0 Å². The van der Waals surface area contributed by atoms with E-state index in [0.717, 1.165) is 33.9 Å². The minimum atomic E-state index is -0.501. The molecule has 0 bridgehead atoms. The van der Waals surface area contributed by atoms with E-state index in [2.05, 4.69) is 16.9 Å². The van der Waals surface area contributed by atoms with Gasteiger partial charge in [0.1, 0.15) is 11.5 Å². The Hall–Kier alpha value is -3.71. The highest BCUT2D eigenvalue weighted by atomic mass is 32.1. The average molecular weight is 434 g/mol. The van der Waals surface area contributed by atoms with Gasteiger partial charge in [-0.15, -0.1) is 11.3 Å². The summed E-state index contributed by atoms with van der Waals surface area (Å²) >= 11 is 1.35. The number of thiophene rings is 1. The maximum atomic E-state index is 13.4. The van der Waals surface area contributed by atoms with Gasteiger partial charge in [-0.25, -0.2) is 9.18 Å². The number of rotatable bonds is 6. The van der Waals surface area contributed by atoms with Crippen molar-refractivity contribution in [2.45, 2.75) is 13.5 Å². The molecule has 4 aromatic rings. The summed E-state index contributed by atoms with van der Waals surface area (Å²) in [6.45, 7) is 5.40. The second-order valence-corrected chi connectivity index (χ2v) is 7.93. The number of benzene rings is 2. The zero-order valence-corrected chi connectivity index (χ0v) is 17.5. The summed E-state index contributed by atoms with van der Waals surface area (Å²) in [4.78, 5) is 28.0. The standard InChI is InChI=1S/C24H19FN2O3S/c1-3-30-24(29)21-10-17-9-16(5-7-20(17)27-21)18-11-22(31-13-18)23(28)26-12-15-4-6-19(25)14(2)8-15/h3-11,13,27H,1,12H2,2H3,(H,26,28). The van der Waals surface area contributed by atoms with Gasteiger partial charge in [-0.1, -0.05) is 24.8 Å². The highest BCUT2D eigenvalue weighted by molar-refractivity contribution is 7.12. The summed E-state index contributed by atoms with van der Waals surface area (Å²) in [5.74, 6) is -0.948. The molecule has 7 heteroatoms. The van der Waals surface area contributed by atoms with Crippen LogP contribution in [0.1, 0.15) is 31.3 Å². The Morgan fingerprint density at radius 1 is 1.16 bits per heavy atom. The molecule has 0 spiro atoms. The first kappa shape index (κ1) is 20.6. The van der Waals surface area contributed by atoms with Crippen LogP contribution >= 0.6 is 11.3 Å². The van der Waals surface area contributed by atoms with Crippen LogP contribution in [0.15, 0.2) is 66.8 Å². The monoisotopic (exact) mass is 434 g/mol. The Bertz CT molecular complexity index is 1310. The van der Waals surface area contributed by atoms with E-state index in [4.69, 9.17) is 4.74 Å². The lowest BCUT2D eigenvalue weighted by Crippen LogP contribution is -2.21. The maximum absolute atomic E-state index is 13.4. The Labute approximate surface area is 182 Å². The topological polar surface area (TPSA) is 71.2 Å². The molecule has 5 nitrogen and oxygen atoms in total. The highest BCUT2D eigenvalue weighted by Crippen LogP contribution is 2.29. The minimum absolute atomic E-state index is 0.185. The maximum Gasteiger partial charge on any atom is 0.359 e. The molecule has 0 fully saturated rings. The molecule has 2 N–H and O–H groups in total. The fraction of sp³-hybridized carbons (Fsp3) is 0.0833. The first-order valence-corrected chi connectivity index (χ1v) is 10.4. The number of halogens is 1. The van der Waals surface area contributed by atoms with Crippen LogP contribution in [0.25, 0.3) is 22.0 Å². The van der Waals surface area contributed by atoms with Crippen molar-refractivity contribution in [2.24, 2.45) is 0 Å². The van der Waals surface area contributed by atoms with Crippen molar-refractivity contribution < 1.29 is 18.7 Å². The van der Waals surface area contributed by atoms with Gasteiger partial charge in [-0.05, 0) is 64.9 Å². The summed E-state index contributed by atoms with van der Waals surface area (Å²) in [5.41, 5.74) is 4.38. The fourth-order valence-electron chi connectivity index (χ4n) is 3.25. The van der Waals surface area contributed by atoms with Gasteiger partial charge in [0, 0.05) is 17.4 Å². The summed E-state index contributed by atoms with van der Waals surface area (Å²) in [6.07, 6.45) is 1.09. The number of amides is 1. The van der Waals surface area contributed by atoms with E-state index < -0.39 is 5.97 Å². The number of ether oxygens (including phenoxy) is 1. The van der Waals surface area contributed by atoms with Crippen molar-refractivity contribution in [3.8, 4) is 11.1 Å². The van der Waals surface area contributed by atoms with Crippen molar-refractivity contribution in [2.75, 3.05) is 0 Å². The van der Waals surface area contributed by atoms with Gasteiger partial charge >= 0.3 is 5.97 Å². The Morgan fingerprint density at radius 2 is 2.00 bits per heavy atom. The van der Waals surface area contributed by atoms with Gasteiger partial charge in [-0.2, -0.15) is 0 Å². The first-order chi connectivity index (χ1) is 14.9. The van der Waals surface area contributed by atoms with Crippen LogP contribution < -0.4 is 5.32 Å². The van der Waals surface area contributed by atoms with E-state index in [1.165, 1.54) is 17.4 Å². The molecule has 4 rings (SSSR count). The van der Waals surface area contributed by atoms with Crippen LogP contribution in [0.2, 0.25) is 0 Å². The Balaban J connectivity index is 1.48. The second kappa shape index (κ2) is 8.57. The molecular weight excluding hydrogens is 415 g/mol. The van der Waals surface area contributed by atoms with Gasteiger partial charge in [0.2, 0.25) is 0 Å². The number of carbonyl (C=O) groups excluding carboxylic acids is 2. The van der Waals surface area contributed by atoms with Crippen molar-refractivity contribution in [3.05, 3.63) is 94.3 Å². The molecule has 1 amide bonds. The molecule has 0 atom stereocenters. The Morgan fingerprint density at radius 3 is 2.77 bits per heavy atom. The number of aryl methyl sites for hydroxylation is 1. The molecule has 0 aliphatic rings. The summed E-state index contributed by atoms with van der Waals surface area (Å²) in [5, 5.41) is 5.64. The molecule has 2 heterocycles. The van der Waals surface area contributed by atoms with E-state index in [0.29, 0.717) is 22.7 Å². The summed E-state index contributed by atoms with van der Waals surface area (Å²) in [7, 11) is 0. The fourth-order valence-corrected chi connectivity index (χ4v) is 4.09. The number of hydrogen-bond acceptors (Lipinski definition) is 4. The molecule has 2 aromatic carbocycles. The molecule has 2 aromatic heterocycles. The zero-order valence-electron chi connectivity index (χ0n) is 16.7. The van der Waals surface area contributed by atoms with Crippen LogP contribution in [0.5, 0.6) is 0 Å². The lowest BCUT2D eigenvalue weighted by molar-refractivity contribution is 0.0658. The zero-order chi connectivity index (χ0) is 22.0. The minimum Gasteiger partial charge on any atom is -0.430 e. The molecule has 156 valence electrons. The SMILES string of the molecule is C=COC(=O)c1cc2cc(-c3csc(C(=O)NCc4ccc(F)c(C)c4)c3)ccc2[nH]1. The average Bonchev–Trinajstić information content (AvgIpc) is 3.41. The number of aromatic nitrogens is 1. The van der Waals surface area contributed by atoms with Crippen molar-refractivity contribution in [1.29, 1.82) is 0 Å². The largest absolute Gasteiger partial charge is 0.430 e. The van der Waals surface area contributed by atoms with Gasteiger partial charge in [0.05, 0.1) is 11.1 Å². The van der Waals surface area contributed by atoms with E-state index in [9.17, 15) is 14.0 Å². The first-order valence-electron chi connectivity index (χ1n) is 9.51. The lowest BCUT2D eigenvalue weighted by atomic mass is 10.1. The third-order valence-electron chi connectivity index (χ3n) is 4.86. The molecule has 31 heavy (non-hydrogen) atoms. The molecule has 0 aliphatic heterocycles. The van der Waals surface area contributed by atoms with Crippen LogP contribution in [0.3, 0.4) is 0 Å². The number of fused-ring (bicyclic) bond motifs is 1. The number of H-pyrrole nitrogens is 1. The highest BCUT2D eigenvalue weighted by Gasteiger charge is 2.13. The van der Waals surface area contributed by atoms with E-state index in [-0.39, 0.29) is 11.7 Å². The quantitative estimate of drug-likeness (QED) is 0.308. The third kappa shape index (κ3) is 4.41. The smallest absolute Gasteiger partial charge is 0.359 e. The second-order valence-electron chi connectivity index (χ2n) is 7.02. The van der Waals surface area contributed by atoms with Crippen LogP contribution in [0.4, 0.5) is 4.39 Å². The Kier molecular flexibility index (Phi) is 5.68. The molecular formula is C24H19FN2O3S. The van der Waals surface area contributed by atoms with Gasteiger partial charge in [-0.3, -0.25) is 4.79 Å². The molecule has 0 radical (unpaired) electrons. The number of esters is 1. The van der Waals surface area contributed by atoms with Gasteiger partial charge < -0.3 is 15.0 Å². The van der Waals surface area contributed by atoms with Crippen molar-refractivity contribution >= 4 is 34.1 Å². The van der Waals surface area contributed by atoms with Crippen molar-refractivity contribution in [3.63, 3.8) is 0 Å². The normalized spacial score (nSPS) is 10.8. The van der Waals surface area contributed by atoms with Crippen LogP contribution in [0, 0.1) is 12.7 Å². The molecule has 0 aliphatic carbocycles. The van der Waals surface area contributed by atoms with E-state index >= 15 is 0 Å². The molecule has 0 saturated heterocycles. The summed E-state index contributed by atoms with van der Waals surface area (Å²) in [6, 6.07) is 14.1. The summed E-state index contributed by atoms with van der Waals surface area (Å²) < 4.78 is 18.2. The van der Waals surface area contributed by atoms with Crippen LogP contribution in [-0.2, 0) is 11.3 Å². The number of carbonyl (C=O) groups is 2. The van der Waals surface area contributed by atoms with Crippen LogP contribution in [-0.4, -0.2) is 16.9 Å².